The summed E-state index contributed by atoms with van der Waals surface area (Å²) < 4.78 is 0.981. The Morgan fingerprint density at radius 2 is 1.38 bits per heavy atom. The summed E-state index contributed by atoms with van der Waals surface area (Å²) in [4.78, 5) is 39.3. The van der Waals surface area contributed by atoms with Crippen LogP contribution < -0.4 is 5.32 Å². The Morgan fingerprint density at radius 3 is 1.88 bits per heavy atom. The number of carbonyl (C=O) groups excluding carboxylic acids is 3. The van der Waals surface area contributed by atoms with Gasteiger partial charge in [-0.3, -0.25) is 19.3 Å². The number of aryl methyl sites for hydroxylation is 1. The van der Waals surface area contributed by atoms with E-state index in [2.05, 4.69) is 28.2 Å². The van der Waals surface area contributed by atoms with Crippen molar-refractivity contribution in [2.24, 2.45) is 11.8 Å². The first kappa shape index (κ1) is 27.5. The molecule has 0 aromatic heterocycles. The van der Waals surface area contributed by atoms with Crippen LogP contribution in [0.5, 0.6) is 0 Å². The van der Waals surface area contributed by atoms with E-state index in [1.54, 1.807) is 0 Å². The Hall–Kier alpha value is -2.67. The molecule has 1 aliphatic heterocycles. The molecule has 0 saturated carbocycles. The maximum atomic E-state index is 13.9. The van der Waals surface area contributed by atoms with E-state index in [-0.39, 0.29) is 24.3 Å². The second kappa shape index (κ2) is 10.3. The van der Waals surface area contributed by atoms with Crippen LogP contribution in [-0.4, -0.2) is 29.2 Å². The molecule has 3 aliphatic carbocycles. The molecule has 40 heavy (non-hydrogen) atoms. The van der Waals surface area contributed by atoms with Gasteiger partial charge in [0, 0.05) is 23.1 Å². The fraction of sp³-hybridized carbons (Fsp3) is 0.344. The van der Waals surface area contributed by atoms with Crippen LogP contribution in [-0.2, 0) is 30.6 Å². The molecule has 8 heteroatoms. The Balaban J connectivity index is 1.14. The number of amides is 3. The number of halogens is 3. The van der Waals surface area contributed by atoms with Crippen molar-refractivity contribution in [3.63, 3.8) is 0 Å². The highest BCUT2D eigenvalue weighted by atomic mass is 79.9. The van der Waals surface area contributed by atoms with Crippen molar-refractivity contribution >= 4 is 62.5 Å². The highest BCUT2D eigenvalue weighted by molar-refractivity contribution is 9.10. The van der Waals surface area contributed by atoms with Gasteiger partial charge in [0.15, 0.2) is 0 Å². The molecule has 206 valence electrons. The van der Waals surface area contributed by atoms with Crippen LogP contribution in [0.2, 0.25) is 0 Å². The number of benzene rings is 3. The zero-order valence-corrected chi connectivity index (χ0v) is 25.2. The van der Waals surface area contributed by atoms with Crippen LogP contribution >= 0.6 is 39.1 Å². The number of alkyl halides is 2. The molecule has 1 fully saturated rings. The second-order valence-corrected chi connectivity index (χ2v) is 12.9. The minimum atomic E-state index is -1.15. The van der Waals surface area contributed by atoms with Crippen molar-refractivity contribution < 1.29 is 14.4 Å². The molecule has 3 aromatic carbocycles. The SMILES string of the molecule is CCc1cc(Br)ccc1NC(=O)CCCCCN1C(=O)[C@H]2[C@H](C1=O)C1(Cl)c3ccccc3C2(Cl)c2ccccc21. The number of hydrogen-bond donors (Lipinski definition) is 1. The van der Waals surface area contributed by atoms with Crippen LogP contribution in [0.25, 0.3) is 0 Å². The van der Waals surface area contributed by atoms with Gasteiger partial charge in [-0.1, -0.05) is 77.8 Å². The lowest BCUT2D eigenvalue weighted by molar-refractivity contribution is -0.140. The van der Waals surface area contributed by atoms with Gasteiger partial charge in [0.05, 0.1) is 11.8 Å². The molecule has 1 N–H and O–H groups in total. The largest absolute Gasteiger partial charge is 0.326 e. The molecule has 7 rings (SSSR count). The van der Waals surface area contributed by atoms with Crippen LogP contribution in [0.3, 0.4) is 0 Å². The first-order chi connectivity index (χ1) is 19.2. The van der Waals surface area contributed by atoms with Gasteiger partial charge in [-0.2, -0.15) is 0 Å². The molecule has 3 amide bonds. The van der Waals surface area contributed by atoms with E-state index < -0.39 is 21.6 Å². The minimum absolute atomic E-state index is 0.0448. The van der Waals surface area contributed by atoms with Crippen LogP contribution in [0.1, 0.15) is 60.4 Å². The molecule has 2 atom stereocenters. The molecule has 1 saturated heterocycles. The Kier molecular flexibility index (Phi) is 7.09. The van der Waals surface area contributed by atoms with E-state index in [1.165, 1.54) is 4.90 Å². The fourth-order valence-electron chi connectivity index (χ4n) is 6.87. The zero-order valence-electron chi connectivity index (χ0n) is 22.1. The third kappa shape index (κ3) is 3.98. The molecule has 1 heterocycles. The smallest absolute Gasteiger partial charge is 0.235 e. The Labute approximate surface area is 252 Å². The topological polar surface area (TPSA) is 66.5 Å². The number of rotatable bonds is 8. The maximum Gasteiger partial charge on any atom is 0.235 e. The van der Waals surface area contributed by atoms with Gasteiger partial charge in [0.2, 0.25) is 17.7 Å². The minimum Gasteiger partial charge on any atom is -0.326 e. The lowest BCUT2D eigenvalue weighted by atomic mass is 9.54. The molecular formula is C32H29BrCl2N2O3. The number of nitrogens with zero attached hydrogens (tertiary/aromatic N) is 1. The lowest BCUT2D eigenvalue weighted by Gasteiger charge is -2.54. The number of likely N-dealkylation sites (tertiary alicyclic amines) is 1. The number of carbonyl (C=O) groups is 3. The number of imide groups is 1. The van der Waals surface area contributed by atoms with Gasteiger partial charge >= 0.3 is 0 Å². The molecule has 5 nitrogen and oxygen atoms in total. The van der Waals surface area contributed by atoms with Crippen LogP contribution in [0.15, 0.2) is 71.2 Å². The van der Waals surface area contributed by atoms with Gasteiger partial charge in [0.25, 0.3) is 0 Å². The van der Waals surface area contributed by atoms with E-state index in [4.69, 9.17) is 23.2 Å². The third-order valence-corrected chi connectivity index (χ3v) is 10.5. The fourth-order valence-corrected chi connectivity index (χ4v) is 8.37. The van der Waals surface area contributed by atoms with Crippen molar-refractivity contribution in [1.29, 1.82) is 0 Å². The summed E-state index contributed by atoms with van der Waals surface area (Å²) >= 11 is 18.4. The highest BCUT2D eigenvalue weighted by Crippen LogP contribution is 2.69. The Morgan fingerprint density at radius 1 is 0.850 bits per heavy atom. The van der Waals surface area contributed by atoms with E-state index in [0.717, 1.165) is 44.4 Å². The van der Waals surface area contributed by atoms with Gasteiger partial charge in [-0.05, 0) is 65.3 Å². The van der Waals surface area contributed by atoms with Crippen molar-refractivity contribution in [3.05, 3.63) is 99.0 Å². The highest BCUT2D eigenvalue weighted by Gasteiger charge is 2.72. The summed E-state index contributed by atoms with van der Waals surface area (Å²) in [6.45, 7) is 2.33. The third-order valence-electron chi connectivity index (χ3n) is 8.68. The quantitative estimate of drug-likeness (QED) is 0.162. The average Bonchev–Trinajstić information content (AvgIpc) is 3.22. The lowest BCUT2D eigenvalue weighted by Crippen LogP contribution is -2.57. The number of unbranched alkanes of at least 4 members (excludes halogenated alkanes) is 2. The maximum absolute atomic E-state index is 13.9. The van der Waals surface area contributed by atoms with Crippen LogP contribution in [0.4, 0.5) is 5.69 Å². The van der Waals surface area contributed by atoms with E-state index in [0.29, 0.717) is 25.7 Å². The van der Waals surface area contributed by atoms with Crippen molar-refractivity contribution in [1.82, 2.24) is 4.90 Å². The van der Waals surface area contributed by atoms with Gasteiger partial charge < -0.3 is 5.32 Å². The first-order valence-electron chi connectivity index (χ1n) is 13.7. The molecule has 4 aliphatic rings. The number of nitrogens with one attached hydrogen (secondary N) is 1. The molecular weight excluding hydrogens is 611 g/mol. The van der Waals surface area contributed by atoms with E-state index in [9.17, 15) is 14.4 Å². The first-order valence-corrected chi connectivity index (χ1v) is 15.3. The van der Waals surface area contributed by atoms with Gasteiger partial charge in [-0.25, -0.2) is 0 Å². The van der Waals surface area contributed by atoms with Crippen molar-refractivity contribution in [3.8, 4) is 0 Å². The molecule has 0 radical (unpaired) electrons. The summed E-state index contributed by atoms with van der Waals surface area (Å²) in [5.74, 6) is -2.11. The molecule has 2 bridgehead atoms. The standard InChI is InChI=1S/C32H29BrCl2N2O3/c1-2-19-18-20(33)15-16-25(19)36-26(38)14-4-3-9-17-37-29(39)27-28(30(37)40)32(35)22-11-6-5-10-21(22)31(27,34)23-12-7-8-13-24(23)32/h5-8,10-13,15-16,18,27-28H,2-4,9,14,17H2,1H3,(H,36,38)/t27-,28-,31?,32?/m1/s1. The summed E-state index contributed by atoms with van der Waals surface area (Å²) in [6, 6.07) is 21.1. The normalized spacial score (nSPS) is 25.9. The Bertz CT molecular complexity index is 1420. The van der Waals surface area contributed by atoms with Crippen molar-refractivity contribution in [2.45, 2.75) is 48.8 Å². The monoisotopic (exact) mass is 638 g/mol. The predicted octanol–water partition coefficient (Wildman–Crippen LogP) is 7.10. The molecule has 3 aromatic rings. The average molecular weight is 640 g/mol. The second-order valence-electron chi connectivity index (χ2n) is 10.8. The zero-order chi connectivity index (χ0) is 28.2. The molecule has 0 unspecified atom stereocenters. The predicted molar refractivity (Wildman–Crippen MR) is 160 cm³/mol. The number of hydrogen-bond acceptors (Lipinski definition) is 3. The molecule has 0 spiro atoms. The van der Waals surface area contributed by atoms with Crippen LogP contribution in [0, 0.1) is 11.8 Å². The summed E-state index contributed by atoms with van der Waals surface area (Å²) in [6.07, 6.45) is 3.15. The summed E-state index contributed by atoms with van der Waals surface area (Å²) in [5, 5.41) is 3.00. The summed E-state index contributed by atoms with van der Waals surface area (Å²) in [7, 11) is 0. The van der Waals surface area contributed by atoms with E-state index in [1.807, 2.05) is 66.7 Å². The van der Waals surface area contributed by atoms with Gasteiger partial charge in [0.1, 0.15) is 9.75 Å². The summed E-state index contributed by atoms with van der Waals surface area (Å²) in [5.41, 5.74) is 5.11. The van der Waals surface area contributed by atoms with Gasteiger partial charge in [-0.15, -0.1) is 23.2 Å². The van der Waals surface area contributed by atoms with Crippen molar-refractivity contribution in [2.75, 3.05) is 11.9 Å². The van der Waals surface area contributed by atoms with E-state index >= 15 is 0 Å². The number of anilines is 1.